The summed E-state index contributed by atoms with van der Waals surface area (Å²) in [5.41, 5.74) is 0. The second-order valence-electron chi connectivity index (χ2n) is 2.82. The lowest BCUT2D eigenvalue weighted by Gasteiger charge is -2.18. The lowest BCUT2D eigenvalue weighted by molar-refractivity contribution is -0.0000891. The van der Waals surface area contributed by atoms with Crippen LogP contribution in [0.25, 0.3) is 0 Å². The van der Waals surface area contributed by atoms with Gasteiger partial charge in [-0.05, 0) is 0 Å². The van der Waals surface area contributed by atoms with E-state index in [1.807, 2.05) is 0 Å². The van der Waals surface area contributed by atoms with Crippen molar-refractivity contribution in [3.05, 3.63) is 0 Å². The number of hydrogen-bond donors (Lipinski definition) is 2. The van der Waals surface area contributed by atoms with Crippen molar-refractivity contribution in [2.75, 3.05) is 0 Å². The minimum Gasteiger partial charge on any atom is -0.390 e. The smallest absolute Gasteiger partial charge is 0.0868 e. The molecule has 9 heavy (non-hydrogen) atoms. The van der Waals surface area contributed by atoms with E-state index in [9.17, 15) is 0 Å². The molecule has 0 spiro atoms. The van der Waals surface area contributed by atoms with Crippen LogP contribution in [0.1, 0.15) is 12.8 Å². The fourth-order valence-electron chi connectivity index (χ4n) is 1.38. The molecule has 1 aliphatic carbocycles. The molecule has 4 atom stereocenters. The van der Waals surface area contributed by atoms with Gasteiger partial charge < -0.3 is 14.9 Å². The van der Waals surface area contributed by atoms with Crippen LogP contribution in [0.15, 0.2) is 0 Å². The summed E-state index contributed by atoms with van der Waals surface area (Å²) in [5.74, 6) is 0. The predicted octanol–water partition coefficient (Wildman–Crippen LogP) is -0.731. The van der Waals surface area contributed by atoms with Gasteiger partial charge in [0.25, 0.3) is 0 Å². The van der Waals surface area contributed by atoms with E-state index in [0.29, 0.717) is 12.8 Å². The van der Waals surface area contributed by atoms with Gasteiger partial charge in [-0.25, -0.2) is 0 Å². The Hall–Kier alpha value is -0.120. The monoisotopic (exact) mass is 130 g/mol. The highest BCUT2D eigenvalue weighted by atomic mass is 16.6. The SMILES string of the molecule is O[C@@H]1CC2OC2C[C@@H]1O. The van der Waals surface area contributed by atoms with Crippen molar-refractivity contribution in [2.45, 2.75) is 37.3 Å². The molecular formula is C6H10O3. The zero-order chi connectivity index (χ0) is 6.43. The molecule has 2 fully saturated rings. The summed E-state index contributed by atoms with van der Waals surface area (Å²) < 4.78 is 5.10. The zero-order valence-corrected chi connectivity index (χ0v) is 5.03. The minimum atomic E-state index is -0.547. The molecule has 0 radical (unpaired) electrons. The van der Waals surface area contributed by atoms with Gasteiger partial charge >= 0.3 is 0 Å². The zero-order valence-electron chi connectivity index (χ0n) is 5.03. The van der Waals surface area contributed by atoms with Crippen LogP contribution < -0.4 is 0 Å². The Balaban J connectivity index is 1.98. The fraction of sp³-hybridized carbons (Fsp3) is 1.00. The van der Waals surface area contributed by atoms with Crippen LogP contribution in [0.4, 0.5) is 0 Å². The summed E-state index contributed by atoms with van der Waals surface area (Å²) in [6, 6.07) is 0. The molecule has 0 aromatic heterocycles. The van der Waals surface area contributed by atoms with Gasteiger partial charge in [-0.15, -0.1) is 0 Å². The molecule has 2 N–H and O–H groups in total. The van der Waals surface area contributed by atoms with Gasteiger partial charge in [0.2, 0.25) is 0 Å². The maximum Gasteiger partial charge on any atom is 0.0868 e. The van der Waals surface area contributed by atoms with Crippen LogP contribution in [-0.2, 0) is 4.74 Å². The Morgan fingerprint density at radius 2 is 1.44 bits per heavy atom. The molecule has 2 aliphatic rings. The van der Waals surface area contributed by atoms with Crippen LogP contribution in [0, 0.1) is 0 Å². The highest BCUT2D eigenvalue weighted by Gasteiger charge is 2.47. The first-order valence-electron chi connectivity index (χ1n) is 3.29. The highest BCUT2D eigenvalue weighted by molar-refractivity contribution is 4.95. The van der Waals surface area contributed by atoms with Crippen LogP contribution in [0.2, 0.25) is 0 Å². The predicted molar refractivity (Wildman–Crippen MR) is 29.9 cm³/mol. The van der Waals surface area contributed by atoms with Gasteiger partial charge in [0.15, 0.2) is 0 Å². The largest absolute Gasteiger partial charge is 0.390 e. The third kappa shape index (κ3) is 0.852. The van der Waals surface area contributed by atoms with Gasteiger partial charge in [-0.3, -0.25) is 0 Å². The van der Waals surface area contributed by atoms with Crippen molar-refractivity contribution in [1.29, 1.82) is 0 Å². The molecule has 2 rings (SSSR count). The van der Waals surface area contributed by atoms with Gasteiger partial charge in [-0.1, -0.05) is 0 Å². The molecule has 0 aromatic rings. The molecule has 2 unspecified atom stereocenters. The second-order valence-corrected chi connectivity index (χ2v) is 2.82. The van der Waals surface area contributed by atoms with E-state index in [0.717, 1.165) is 0 Å². The van der Waals surface area contributed by atoms with E-state index in [-0.39, 0.29) is 12.2 Å². The third-order valence-electron chi connectivity index (χ3n) is 2.08. The number of aliphatic hydroxyl groups excluding tert-OH is 2. The van der Waals surface area contributed by atoms with Crippen molar-refractivity contribution >= 4 is 0 Å². The summed E-state index contributed by atoms with van der Waals surface area (Å²) in [7, 11) is 0. The molecule has 0 amide bonds. The molecule has 0 bridgehead atoms. The molecule has 1 saturated carbocycles. The maximum absolute atomic E-state index is 9.04. The maximum atomic E-state index is 9.04. The van der Waals surface area contributed by atoms with E-state index in [4.69, 9.17) is 14.9 Å². The minimum absolute atomic E-state index is 0.253. The second kappa shape index (κ2) is 1.68. The number of rotatable bonds is 0. The molecule has 0 aromatic carbocycles. The van der Waals surface area contributed by atoms with Crippen molar-refractivity contribution in [2.24, 2.45) is 0 Å². The summed E-state index contributed by atoms with van der Waals surface area (Å²) in [6.45, 7) is 0. The van der Waals surface area contributed by atoms with Gasteiger partial charge in [0, 0.05) is 12.8 Å². The topological polar surface area (TPSA) is 53.0 Å². The Kier molecular flexibility index (Phi) is 1.06. The fourth-order valence-corrected chi connectivity index (χ4v) is 1.38. The number of fused-ring (bicyclic) bond motifs is 1. The Labute approximate surface area is 53.3 Å². The number of ether oxygens (including phenoxy) is 1. The molecule has 1 heterocycles. The lowest BCUT2D eigenvalue weighted by Crippen LogP contribution is -2.33. The number of hydrogen-bond acceptors (Lipinski definition) is 3. The standard InChI is InChI=1S/C6H10O3/c7-3-1-5-6(9-5)2-4(3)8/h3-8H,1-2H2/t3-,4+,5?,6?. The van der Waals surface area contributed by atoms with Crippen LogP contribution in [-0.4, -0.2) is 34.6 Å². The molecular weight excluding hydrogens is 120 g/mol. The molecule has 52 valence electrons. The van der Waals surface area contributed by atoms with Crippen molar-refractivity contribution in [3.63, 3.8) is 0 Å². The van der Waals surface area contributed by atoms with E-state index >= 15 is 0 Å². The first-order chi connectivity index (χ1) is 4.27. The van der Waals surface area contributed by atoms with Crippen LogP contribution in [0.5, 0.6) is 0 Å². The van der Waals surface area contributed by atoms with E-state index in [2.05, 4.69) is 0 Å². The summed E-state index contributed by atoms with van der Waals surface area (Å²) in [4.78, 5) is 0. The van der Waals surface area contributed by atoms with Gasteiger partial charge in [0.1, 0.15) is 0 Å². The van der Waals surface area contributed by atoms with E-state index in [1.54, 1.807) is 0 Å². The van der Waals surface area contributed by atoms with Crippen LogP contribution >= 0.6 is 0 Å². The number of aliphatic hydroxyl groups is 2. The van der Waals surface area contributed by atoms with E-state index < -0.39 is 12.2 Å². The van der Waals surface area contributed by atoms with Gasteiger partial charge in [-0.2, -0.15) is 0 Å². The Morgan fingerprint density at radius 1 is 1.00 bits per heavy atom. The molecule has 1 aliphatic heterocycles. The first-order valence-corrected chi connectivity index (χ1v) is 3.29. The number of epoxide rings is 1. The highest BCUT2D eigenvalue weighted by Crippen LogP contribution is 2.36. The summed E-state index contributed by atoms with van der Waals surface area (Å²) in [5, 5.41) is 18.1. The van der Waals surface area contributed by atoms with Gasteiger partial charge in [0.05, 0.1) is 24.4 Å². The summed E-state index contributed by atoms with van der Waals surface area (Å²) in [6.07, 6.45) is 0.645. The first kappa shape index (κ1) is 5.65. The molecule has 3 heteroatoms. The third-order valence-corrected chi connectivity index (χ3v) is 2.08. The molecule has 3 nitrogen and oxygen atoms in total. The van der Waals surface area contributed by atoms with Crippen molar-refractivity contribution < 1.29 is 14.9 Å². The molecule has 1 saturated heterocycles. The Morgan fingerprint density at radius 3 is 1.89 bits per heavy atom. The average molecular weight is 130 g/mol. The normalized spacial score (nSPS) is 56.7. The Bertz CT molecular complexity index is 111. The van der Waals surface area contributed by atoms with Crippen LogP contribution in [0.3, 0.4) is 0 Å². The van der Waals surface area contributed by atoms with E-state index in [1.165, 1.54) is 0 Å². The summed E-state index contributed by atoms with van der Waals surface area (Å²) >= 11 is 0. The average Bonchev–Trinajstić information content (AvgIpc) is 2.46. The van der Waals surface area contributed by atoms with Crippen molar-refractivity contribution in [1.82, 2.24) is 0 Å². The lowest BCUT2D eigenvalue weighted by atomic mass is 9.95. The quantitative estimate of drug-likeness (QED) is 0.425. The van der Waals surface area contributed by atoms with Crippen molar-refractivity contribution in [3.8, 4) is 0 Å².